The fourth-order valence-corrected chi connectivity index (χ4v) is 1.67. The number of methoxy groups -OCH3 is 1. The molecule has 0 unspecified atom stereocenters. The predicted octanol–water partition coefficient (Wildman–Crippen LogP) is 2.23. The van der Waals surface area contributed by atoms with Gasteiger partial charge in [0.1, 0.15) is 11.5 Å². The van der Waals surface area contributed by atoms with Crippen LogP contribution in [0.1, 0.15) is 31.9 Å². The molecule has 1 aromatic carbocycles. The molecule has 0 saturated carbocycles. The lowest BCUT2D eigenvalue weighted by molar-refractivity contribution is 0.296. The van der Waals surface area contributed by atoms with Crippen LogP contribution in [0.3, 0.4) is 0 Å². The molecule has 0 spiro atoms. The third-order valence-corrected chi connectivity index (χ3v) is 2.59. The Balaban J connectivity index is 3.31. The van der Waals surface area contributed by atoms with Gasteiger partial charge in [-0.2, -0.15) is 0 Å². The molecule has 0 amide bonds. The first-order valence-electron chi connectivity index (χ1n) is 5.41. The fourth-order valence-electron chi connectivity index (χ4n) is 1.67. The van der Waals surface area contributed by atoms with Gasteiger partial charge in [-0.25, -0.2) is 0 Å². The average Bonchev–Trinajstić information content (AvgIpc) is 2.19. The van der Waals surface area contributed by atoms with Crippen LogP contribution < -0.4 is 4.74 Å². The van der Waals surface area contributed by atoms with Crippen molar-refractivity contribution in [2.45, 2.75) is 32.6 Å². The normalized spacial score (nSPS) is 11.6. The molecule has 0 atom stereocenters. The van der Waals surface area contributed by atoms with Crippen molar-refractivity contribution < 1.29 is 14.9 Å². The summed E-state index contributed by atoms with van der Waals surface area (Å²) in [6, 6.07) is 3.61. The quantitative estimate of drug-likeness (QED) is 0.827. The molecule has 1 aromatic rings. The van der Waals surface area contributed by atoms with Crippen LogP contribution in [0, 0.1) is 0 Å². The van der Waals surface area contributed by atoms with Crippen LogP contribution in [0.15, 0.2) is 12.1 Å². The highest BCUT2D eigenvalue weighted by Gasteiger charge is 2.21. The van der Waals surface area contributed by atoms with Crippen molar-refractivity contribution in [1.29, 1.82) is 0 Å². The SMILES string of the molecule is COc1cc(CCO)c(O)c(C(C)(C)C)c1. The maximum atomic E-state index is 10.1. The first-order valence-corrected chi connectivity index (χ1v) is 5.41. The third-order valence-electron chi connectivity index (χ3n) is 2.59. The van der Waals surface area contributed by atoms with Crippen molar-refractivity contribution >= 4 is 0 Å². The summed E-state index contributed by atoms with van der Waals surface area (Å²) >= 11 is 0. The van der Waals surface area contributed by atoms with Crippen LogP contribution in [0.4, 0.5) is 0 Å². The Kier molecular flexibility index (Phi) is 3.81. The number of benzene rings is 1. The van der Waals surface area contributed by atoms with E-state index in [2.05, 4.69) is 0 Å². The van der Waals surface area contributed by atoms with E-state index < -0.39 is 0 Å². The van der Waals surface area contributed by atoms with E-state index in [4.69, 9.17) is 9.84 Å². The minimum absolute atomic E-state index is 0.0182. The van der Waals surface area contributed by atoms with Crippen LogP contribution in [0.2, 0.25) is 0 Å². The Hall–Kier alpha value is -1.22. The lowest BCUT2D eigenvalue weighted by Crippen LogP contribution is -2.12. The van der Waals surface area contributed by atoms with Crippen molar-refractivity contribution in [1.82, 2.24) is 0 Å². The van der Waals surface area contributed by atoms with Gasteiger partial charge in [0, 0.05) is 17.7 Å². The van der Waals surface area contributed by atoms with Gasteiger partial charge in [0.15, 0.2) is 0 Å². The maximum absolute atomic E-state index is 10.1. The van der Waals surface area contributed by atoms with Gasteiger partial charge >= 0.3 is 0 Å². The highest BCUT2D eigenvalue weighted by molar-refractivity contribution is 5.49. The maximum Gasteiger partial charge on any atom is 0.122 e. The highest BCUT2D eigenvalue weighted by atomic mass is 16.5. The molecule has 0 aliphatic carbocycles. The molecule has 2 N–H and O–H groups in total. The van der Waals surface area contributed by atoms with E-state index in [1.807, 2.05) is 26.8 Å². The molecule has 1 rings (SSSR count). The van der Waals surface area contributed by atoms with Crippen LogP contribution in [-0.4, -0.2) is 23.9 Å². The predicted molar refractivity (Wildman–Crippen MR) is 64.1 cm³/mol. The highest BCUT2D eigenvalue weighted by Crippen LogP contribution is 2.36. The largest absolute Gasteiger partial charge is 0.507 e. The number of aromatic hydroxyl groups is 1. The molecule has 0 radical (unpaired) electrons. The van der Waals surface area contributed by atoms with E-state index in [1.165, 1.54) is 0 Å². The van der Waals surface area contributed by atoms with Crippen LogP contribution in [0.25, 0.3) is 0 Å². The molecular formula is C13H20O3. The van der Waals surface area contributed by atoms with Crippen molar-refractivity contribution in [3.05, 3.63) is 23.3 Å². The smallest absolute Gasteiger partial charge is 0.122 e. The number of hydrogen-bond acceptors (Lipinski definition) is 3. The van der Waals surface area contributed by atoms with E-state index in [1.54, 1.807) is 13.2 Å². The number of phenols is 1. The second-order valence-electron chi connectivity index (χ2n) is 4.91. The van der Waals surface area contributed by atoms with E-state index in [-0.39, 0.29) is 17.8 Å². The van der Waals surface area contributed by atoms with Crippen LogP contribution in [0.5, 0.6) is 11.5 Å². The molecule has 3 nitrogen and oxygen atoms in total. The summed E-state index contributed by atoms with van der Waals surface area (Å²) < 4.78 is 5.20. The summed E-state index contributed by atoms with van der Waals surface area (Å²) in [6.07, 6.45) is 0.437. The van der Waals surface area contributed by atoms with E-state index in [0.717, 1.165) is 11.1 Å². The fraction of sp³-hybridized carbons (Fsp3) is 0.538. The molecular weight excluding hydrogens is 204 g/mol. The molecule has 0 aliphatic rings. The minimum Gasteiger partial charge on any atom is -0.507 e. The lowest BCUT2D eigenvalue weighted by atomic mass is 9.84. The number of aliphatic hydroxyl groups is 1. The molecule has 3 heteroatoms. The molecule has 16 heavy (non-hydrogen) atoms. The lowest BCUT2D eigenvalue weighted by Gasteiger charge is -2.23. The molecule has 0 aromatic heterocycles. The Labute approximate surface area is 96.7 Å². The Morgan fingerprint density at radius 1 is 1.25 bits per heavy atom. The summed E-state index contributed by atoms with van der Waals surface area (Å²) in [5.41, 5.74) is 1.42. The van der Waals surface area contributed by atoms with Crippen LogP contribution >= 0.6 is 0 Å². The molecule has 0 bridgehead atoms. The number of rotatable bonds is 3. The van der Waals surface area contributed by atoms with E-state index in [0.29, 0.717) is 12.2 Å². The van der Waals surface area contributed by atoms with Gasteiger partial charge in [-0.15, -0.1) is 0 Å². The third kappa shape index (κ3) is 2.67. The first-order chi connectivity index (χ1) is 7.40. The summed E-state index contributed by atoms with van der Waals surface area (Å²) in [5, 5.41) is 19.1. The monoisotopic (exact) mass is 224 g/mol. The van der Waals surface area contributed by atoms with Crippen LogP contribution in [-0.2, 0) is 11.8 Å². The summed E-state index contributed by atoms with van der Waals surface area (Å²) in [7, 11) is 1.60. The van der Waals surface area contributed by atoms with Gasteiger partial charge < -0.3 is 14.9 Å². The van der Waals surface area contributed by atoms with E-state index >= 15 is 0 Å². The van der Waals surface area contributed by atoms with Gasteiger partial charge in [-0.3, -0.25) is 0 Å². The van der Waals surface area contributed by atoms with Crippen molar-refractivity contribution in [3.8, 4) is 11.5 Å². The van der Waals surface area contributed by atoms with Gasteiger partial charge in [-0.1, -0.05) is 20.8 Å². The van der Waals surface area contributed by atoms with Crippen molar-refractivity contribution in [2.75, 3.05) is 13.7 Å². The standard InChI is InChI=1S/C13H20O3/c1-13(2,3)11-8-10(16-4)7-9(5-6-14)12(11)15/h7-8,14-15H,5-6H2,1-4H3. The summed E-state index contributed by atoms with van der Waals surface area (Å²) in [4.78, 5) is 0. The van der Waals surface area contributed by atoms with Gasteiger partial charge in [0.2, 0.25) is 0 Å². The molecule has 0 fully saturated rings. The minimum atomic E-state index is -0.150. The number of hydrogen-bond donors (Lipinski definition) is 2. The summed E-state index contributed by atoms with van der Waals surface area (Å²) in [6.45, 7) is 6.11. The zero-order valence-corrected chi connectivity index (χ0v) is 10.4. The second-order valence-corrected chi connectivity index (χ2v) is 4.91. The molecule has 0 aliphatic heterocycles. The second kappa shape index (κ2) is 4.74. The zero-order chi connectivity index (χ0) is 12.3. The summed E-state index contributed by atoms with van der Waals surface area (Å²) in [5.74, 6) is 0.980. The van der Waals surface area contributed by atoms with Gasteiger partial charge in [0.25, 0.3) is 0 Å². The number of phenolic OH excluding ortho intramolecular Hbond substituents is 1. The molecule has 0 saturated heterocycles. The number of aliphatic hydroxyl groups excluding tert-OH is 1. The van der Waals surface area contributed by atoms with Gasteiger partial charge in [-0.05, 0) is 24.0 Å². The average molecular weight is 224 g/mol. The molecule has 90 valence electrons. The Morgan fingerprint density at radius 2 is 1.88 bits per heavy atom. The Bertz CT molecular complexity index is 364. The number of ether oxygens (including phenoxy) is 1. The zero-order valence-electron chi connectivity index (χ0n) is 10.4. The molecule has 0 heterocycles. The topological polar surface area (TPSA) is 49.7 Å². The van der Waals surface area contributed by atoms with Gasteiger partial charge in [0.05, 0.1) is 7.11 Å². The Morgan fingerprint density at radius 3 is 2.31 bits per heavy atom. The van der Waals surface area contributed by atoms with E-state index in [9.17, 15) is 5.11 Å². The first kappa shape index (κ1) is 12.8. The van der Waals surface area contributed by atoms with Crippen molar-refractivity contribution in [3.63, 3.8) is 0 Å². The van der Waals surface area contributed by atoms with Crippen molar-refractivity contribution in [2.24, 2.45) is 0 Å².